The summed E-state index contributed by atoms with van der Waals surface area (Å²) >= 11 is 5.68. The number of sulfonamides is 1. The Bertz CT molecular complexity index is 624. The number of hydrogen-bond donors (Lipinski definition) is 2. The molecule has 118 valence electrons. The molecular weight excluding hydrogens is 319 g/mol. The SMILES string of the molecule is Nc1cc(Cl)c(F)c(S(=O)(=O)N2CCCC2CCCO)c1. The lowest BCUT2D eigenvalue weighted by atomic mass is 10.1. The van der Waals surface area contributed by atoms with E-state index in [1.165, 1.54) is 10.4 Å². The van der Waals surface area contributed by atoms with Crippen LogP contribution < -0.4 is 5.73 Å². The molecule has 0 aliphatic carbocycles. The molecule has 1 fully saturated rings. The van der Waals surface area contributed by atoms with E-state index < -0.39 is 20.7 Å². The average Bonchev–Trinajstić information content (AvgIpc) is 2.89. The highest BCUT2D eigenvalue weighted by molar-refractivity contribution is 7.89. The smallest absolute Gasteiger partial charge is 0.246 e. The molecule has 1 atom stereocenters. The van der Waals surface area contributed by atoms with Gasteiger partial charge in [-0.3, -0.25) is 0 Å². The van der Waals surface area contributed by atoms with E-state index in [4.69, 9.17) is 22.4 Å². The molecule has 0 bridgehead atoms. The van der Waals surface area contributed by atoms with Gasteiger partial charge in [-0.1, -0.05) is 11.6 Å². The molecule has 0 saturated carbocycles. The Balaban J connectivity index is 2.38. The molecular formula is C13H18ClFN2O3S. The summed E-state index contributed by atoms with van der Waals surface area (Å²) in [4.78, 5) is -0.483. The zero-order valence-corrected chi connectivity index (χ0v) is 13.0. The number of anilines is 1. The van der Waals surface area contributed by atoms with E-state index in [1.54, 1.807) is 0 Å². The van der Waals surface area contributed by atoms with Crippen molar-refractivity contribution >= 4 is 27.3 Å². The van der Waals surface area contributed by atoms with Gasteiger partial charge in [0.15, 0.2) is 5.82 Å². The van der Waals surface area contributed by atoms with Crippen molar-refractivity contribution in [2.75, 3.05) is 18.9 Å². The minimum atomic E-state index is -3.98. The predicted octanol–water partition coefficient (Wildman–Crippen LogP) is 1.99. The van der Waals surface area contributed by atoms with E-state index in [0.29, 0.717) is 32.2 Å². The first-order valence-corrected chi connectivity index (χ1v) is 8.57. The van der Waals surface area contributed by atoms with Crippen LogP contribution in [0.25, 0.3) is 0 Å². The molecule has 1 saturated heterocycles. The van der Waals surface area contributed by atoms with Crippen LogP contribution in [0.5, 0.6) is 0 Å². The first-order chi connectivity index (χ1) is 9.87. The second-order valence-electron chi connectivity index (χ2n) is 5.09. The quantitative estimate of drug-likeness (QED) is 0.805. The van der Waals surface area contributed by atoms with E-state index in [9.17, 15) is 12.8 Å². The minimum Gasteiger partial charge on any atom is -0.399 e. The van der Waals surface area contributed by atoms with Crippen LogP contribution in [0.4, 0.5) is 10.1 Å². The number of aliphatic hydroxyl groups excluding tert-OH is 1. The van der Waals surface area contributed by atoms with Gasteiger partial charge in [-0.15, -0.1) is 0 Å². The summed E-state index contributed by atoms with van der Waals surface area (Å²) < 4.78 is 40.7. The number of nitrogen functional groups attached to an aromatic ring is 1. The third kappa shape index (κ3) is 3.31. The Morgan fingerprint density at radius 1 is 1.48 bits per heavy atom. The molecule has 1 unspecified atom stereocenters. The van der Waals surface area contributed by atoms with Crippen molar-refractivity contribution in [2.45, 2.75) is 36.6 Å². The fourth-order valence-electron chi connectivity index (χ4n) is 2.64. The Labute approximate surface area is 128 Å². The largest absolute Gasteiger partial charge is 0.399 e. The first kappa shape index (κ1) is 16.5. The van der Waals surface area contributed by atoms with Crippen molar-refractivity contribution in [1.82, 2.24) is 4.31 Å². The second-order valence-corrected chi connectivity index (χ2v) is 7.36. The highest BCUT2D eigenvalue weighted by Crippen LogP contribution is 2.32. The van der Waals surface area contributed by atoms with E-state index in [1.807, 2.05) is 0 Å². The number of aliphatic hydroxyl groups is 1. The Kier molecular flexibility index (Phi) is 5.08. The van der Waals surface area contributed by atoms with Gasteiger partial charge in [-0.05, 0) is 37.8 Å². The van der Waals surface area contributed by atoms with Crippen molar-refractivity contribution in [2.24, 2.45) is 0 Å². The summed E-state index contributed by atoms with van der Waals surface area (Å²) in [7, 11) is -3.98. The molecule has 0 aromatic heterocycles. The van der Waals surface area contributed by atoms with Gasteiger partial charge in [0.1, 0.15) is 4.90 Å². The molecule has 21 heavy (non-hydrogen) atoms. The first-order valence-electron chi connectivity index (χ1n) is 6.75. The maximum absolute atomic E-state index is 14.1. The van der Waals surface area contributed by atoms with Crippen LogP contribution in [-0.4, -0.2) is 37.0 Å². The molecule has 0 amide bonds. The summed E-state index contributed by atoms with van der Waals surface area (Å²) in [6, 6.07) is 2.06. The topological polar surface area (TPSA) is 83.6 Å². The van der Waals surface area contributed by atoms with Crippen LogP contribution in [0.3, 0.4) is 0 Å². The Morgan fingerprint density at radius 2 is 2.19 bits per heavy atom. The molecule has 0 radical (unpaired) electrons. The van der Waals surface area contributed by atoms with E-state index in [2.05, 4.69) is 0 Å². The van der Waals surface area contributed by atoms with E-state index >= 15 is 0 Å². The van der Waals surface area contributed by atoms with Crippen LogP contribution in [0.1, 0.15) is 25.7 Å². The van der Waals surface area contributed by atoms with E-state index in [0.717, 1.165) is 6.07 Å². The molecule has 1 aromatic carbocycles. The molecule has 5 nitrogen and oxygen atoms in total. The lowest BCUT2D eigenvalue weighted by molar-refractivity contribution is 0.264. The molecule has 2 rings (SSSR count). The van der Waals surface area contributed by atoms with Gasteiger partial charge in [-0.2, -0.15) is 4.31 Å². The van der Waals surface area contributed by atoms with Crippen LogP contribution in [0, 0.1) is 5.82 Å². The van der Waals surface area contributed by atoms with Gasteiger partial charge in [-0.25, -0.2) is 12.8 Å². The monoisotopic (exact) mass is 336 g/mol. The molecule has 8 heteroatoms. The predicted molar refractivity (Wildman–Crippen MR) is 79.1 cm³/mol. The van der Waals surface area contributed by atoms with Crippen molar-refractivity contribution in [3.63, 3.8) is 0 Å². The van der Waals surface area contributed by atoms with Crippen molar-refractivity contribution in [3.05, 3.63) is 23.0 Å². The summed E-state index contributed by atoms with van der Waals surface area (Å²) in [5.41, 5.74) is 5.67. The van der Waals surface area contributed by atoms with Gasteiger partial charge in [0.05, 0.1) is 5.02 Å². The van der Waals surface area contributed by atoms with Gasteiger partial charge in [0, 0.05) is 24.9 Å². The molecule has 1 aliphatic heterocycles. The summed E-state index contributed by atoms with van der Waals surface area (Å²) in [6.07, 6.45) is 2.48. The zero-order chi connectivity index (χ0) is 15.6. The maximum Gasteiger partial charge on any atom is 0.246 e. The molecule has 1 aromatic rings. The van der Waals surface area contributed by atoms with Gasteiger partial charge in [0.25, 0.3) is 0 Å². The molecule has 0 spiro atoms. The fourth-order valence-corrected chi connectivity index (χ4v) is 4.77. The third-order valence-electron chi connectivity index (χ3n) is 3.62. The average molecular weight is 337 g/mol. The number of rotatable bonds is 5. The number of halogens is 2. The standard InChI is InChI=1S/C13H18ClFN2O3S/c14-11-7-9(16)8-12(13(11)15)21(19,20)17-5-1-3-10(17)4-2-6-18/h7-8,10,18H,1-6,16H2. The van der Waals surface area contributed by atoms with Crippen molar-refractivity contribution < 1.29 is 17.9 Å². The van der Waals surface area contributed by atoms with E-state index in [-0.39, 0.29) is 23.4 Å². The number of nitrogens with zero attached hydrogens (tertiary/aromatic N) is 1. The van der Waals surface area contributed by atoms with Crippen LogP contribution in [-0.2, 0) is 10.0 Å². The van der Waals surface area contributed by atoms with Crippen LogP contribution in [0.2, 0.25) is 5.02 Å². The Hall–Kier alpha value is -0.890. The maximum atomic E-state index is 14.1. The molecule has 3 N–H and O–H groups in total. The minimum absolute atomic E-state index is 0.00284. The molecule has 1 heterocycles. The normalized spacial score (nSPS) is 20.0. The lowest BCUT2D eigenvalue weighted by Crippen LogP contribution is -2.36. The number of nitrogens with two attached hydrogens (primary N) is 1. The second kappa shape index (κ2) is 6.48. The van der Waals surface area contributed by atoms with Gasteiger partial charge < -0.3 is 10.8 Å². The summed E-state index contributed by atoms with van der Waals surface area (Å²) in [5.74, 6) is -0.973. The lowest BCUT2D eigenvalue weighted by Gasteiger charge is -2.24. The highest BCUT2D eigenvalue weighted by Gasteiger charge is 2.36. The fraction of sp³-hybridized carbons (Fsp3) is 0.538. The van der Waals surface area contributed by atoms with Crippen LogP contribution in [0.15, 0.2) is 17.0 Å². The van der Waals surface area contributed by atoms with Crippen LogP contribution >= 0.6 is 11.6 Å². The van der Waals surface area contributed by atoms with Crippen molar-refractivity contribution in [1.29, 1.82) is 0 Å². The number of hydrogen-bond acceptors (Lipinski definition) is 4. The van der Waals surface area contributed by atoms with Gasteiger partial charge in [0.2, 0.25) is 10.0 Å². The van der Waals surface area contributed by atoms with Gasteiger partial charge >= 0.3 is 0 Å². The highest BCUT2D eigenvalue weighted by atomic mass is 35.5. The summed E-state index contributed by atoms with van der Waals surface area (Å²) in [6.45, 7) is 0.340. The molecule has 1 aliphatic rings. The third-order valence-corrected chi connectivity index (χ3v) is 5.85. The zero-order valence-electron chi connectivity index (χ0n) is 11.4. The summed E-state index contributed by atoms with van der Waals surface area (Å²) in [5, 5.41) is 8.58. The van der Waals surface area contributed by atoms with Crippen molar-refractivity contribution in [3.8, 4) is 0 Å². The number of benzene rings is 1. The Morgan fingerprint density at radius 3 is 2.86 bits per heavy atom.